The van der Waals surface area contributed by atoms with Gasteiger partial charge >= 0.3 is 23.9 Å². The number of nitrogens with two attached hydrogens (primary N) is 3. The number of hydrogen-bond acceptors (Lipinski definition) is 13. The van der Waals surface area contributed by atoms with Gasteiger partial charge in [0.25, 0.3) is 0 Å². The molecule has 0 saturated heterocycles. The molecule has 286 valence electrons. The minimum Gasteiger partial charge on any atom is -0.481 e. The van der Waals surface area contributed by atoms with Crippen molar-refractivity contribution in [2.24, 2.45) is 22.2 Å². The molecule has 51 heavy (non-hydrogen) atoms. The van der Waals surface area contributed by atoms with Crippen LogP contribution < -0.4 is 49.1 Å². The van der Waals surface area contributed by atoms with Crippen LogP contribution >= 0.6 is 12.6 Å². The second-order valence-electron chi connectivity index (χ2n) is 10.6. The van der Waals surface area contributed by atoms with Crippen LogP contribution in [0.5, 0.6) is 0 Å². The van der Waals surface area contributed by atoms with Gasteiger partial charge < -0.3 is 69.5 Å². The third-order valence-electron chi connectivity index (χ3n) is 6.32. The summed E-state index contributed by atoms with van der Waals surface area (Å²) in [5.74, 6) is -13.3. The van der Waals surface area contributed by atoms with Gasteiger partial charge in [0.1, 0.15) is 30.2 Å². The Balaban J connectivity index is 5.48. The smallest absolute Gasteiger partial charge is 0.326 e. The molecule has 0 fully saturated rings. The third kappa shape index (κ3) is 19.2. The van der Waals surface area contributed by atoms with Gasteiger partial charge in [-0.05, 0) is 19.8 Å². The Labute approximate surface area is 294 Å². The molecular weight excluding hydrogens is 708 g/mol. The number of thiol groups is 1. The molecule has 0 unspecified atom stereocenters. The molecule has 6 amide bonds. The second kappa shape index (κ2) is 22.8. The summed E-state index contributed by atoms with van der Waals surface area (Å²) in [7, 11) is 0. The van der Waals surface area contributed by atoms with Crippen LogP contribution in [-0.4, -0.2) is 141 Å². The van der Waals surface area contributed by atoms with Crippen LogP contribution in [0.15, 0.2) is 4.99 Å². The number of rotatable bonds is 24. The van der Waals surface area contributed by atoms with E-state index in [1.165, 1.54) is 0 Å². The van der Waals surface area contributed by atoms with E-state index < -0.39 is 127 Å². The molecular formula is C26H42N10O14S. The summed E-state index contributed by atoms with van der Waals surface area (Å²) in [6.07, 6.45) is -2.77. The van der Waals surface area contributed by atoms with Crippen LogP contribution in [0.4, 0.5) is 0 Å². The van der Waals surface area contributed by atoms with Gasteiger partial charge in [0.05, 0.1) is 31.8 Å². The summed E-state index contributed by atoms with van der Waals surface area (Å²) >= 11 is 3.96. The lowest BCUT2D eigenvalue weighted by Crippen LogP contribution is -2.59. The Bertz CT molecular complexity index is 1360. The van der Waals surface area contributed by atoms with E-state index in [1.807, 2.05) is 10.6 Å². The molecule has 0 spiro atoms. The lowest BCUT2D eigenvalue weighted by molar-refractivity contribution is -0.144. The maximum Gasteiger partial charge on any atom is 0.326 e. The van der Waals surface area contributed by atoms with Crippen LogP contribution in [0.2, 0.25) is 0 Å². The molecule has 16 N–H and O–H groups in total. The van der Waals surface area contributed by atoms with E-state index in [2.05, 4.69) is 38.9 Å². The standard InChI is InChI=1S/C26H42N10O14S/c1-10(32-22(46)13(6-18(40)41)33-16(37)8-31-21(45)11(27)5-17(38)39)20(44)36-15(9-51)24(48)35-14(7-19(42)43)23(47)34-12(25(49)50)3-2-4-30-26(28)29/h10-15,51H,2-9,27H2,1H3,(H,31,45)(H,32,46)(H,33,37)(H,34,47)(H,35,48)(H,36,44)(H,38,39)(H,40,41)(H,42,43)(H,49,50)(H4,28,29,30)/t10-,11-,12-,13-,14-,15-/m0/s1. The van der Waals surface area contributed by atoms with Gasteiger partial charge in [0.15, 0.2) is 5.96 Å². The largest absolute Gasteiger partial charge is 0.481 e. The molecule has 0 rings (SSSR count). The Hall–Kier alpha value is -5.72. The van der Waals surface area contributed by atoms with Crippen molar-refractivity contribution in [3.8, 4) is 0 Å². The number of carbonyl (C=O) groups excluding carboxylic acids is 6. The van der Waals surface area contributed by atoms with Crippen molar-refractivity contribution in [1.29, 1.82) is 0 Å². The van der Waals surface area contributed by atoms with Crippen molar-refractivity contribution in [1.82, 2.24) is 31.9 Å². The molecule has 0 heterocycles. The predicted molar refractivity (Wildman–Crippen MR) is 174 cm³/mol. The topological polar surface area (TPSA) is 414 Å². The number of aliphatic carboxylic acids is 4. The highest BCUT2D eigenvalue weighted by atomic mass is 32.1. The zero-order valence-electron chi connectivity index (χ0n) is 27.1. The molecule has 0 radical (unpaired) electrons. The number of nitrogens with zero attached hydrogens (tertiary/aromatic N) is 1. The normalized spacial score (nSPS) is 14.0. The second-order valence-corrected chi connectivity index (χ2v) is 11.0. The van der Waals surface area contributed by atoms with Crippen molar-refractivity contribution in [3.05, 3.63) is 0 Å². The van der Waals surface area contributed by atoms with Crippen molar-refractivity contribution >= 4 is 77.9 Å². The number of guanidine groups is 1. The number of carbonyl (C=O) groups is 10. The highest BCUT2D eigenvalue weighted by Gasteiger charge is 2.32. The summed E-state index contributed by atoms with van der Waals surface area (Å²) < 4.78 is 0. The van der Waals surface area contributed by atoms with Crippen LogP contribution in [0.1, 0.15) is 39.0 Å². The number of nitrogens with one attached hydrogen (secondary N) is 6. The zero-order chi connectivity index (χ0) is 39.4. The number of carboxylic acids is 4. The van der Waals surface area contributed by atoms with E-state index in [9.17, 15) is 63.3 Å². The minimum atomic E-state index is -1.82. The van der Waals surface area contributed by atoms with E-state index in [-0.39, 0.29) is 25.3 Å². The molecule has 0 saturated carbocycles. The lowest BCUT2D eigenvalue weighted by atomic mass is 10.1. The SMILES string of the molecule is C[C@H](NC(=O)[C@H](CC(=O)O)NC(=O)CNC(=O)[C@@H](N)CC(=O)O)C(=O)N[C@@H](CS)C(=O)N[C@@H](CC(=O)O)C(=O)N[C@@H](CCCN=C(N)N)C(=O)O. The number of amides is 6. The van der Waals surface area contributed by atoms with Gasteiger partial charge in [-0.3, -0.25) is 48.1 Å². The molecule has 25 heteroatoms. The fraction of sp³-hybridized carbons (Fsp3) is 0.577. The van der Waals surface area contributed by atoms with Crippen LogP contribution in [0.25, 0.3) is 0 Å². The number of hydrogen-bond donors (Lipinski definition) is 14. The Kier molecular flexibility index (Phi) is 20.3. The third-order valence-corrected chi connectivity index (χ3v) is 6.69. The van der Waals surface area contributed by atoms with Crippen molar-refractivity contribution in [2.75, 3.05) is 18.8 Å². The molecule has 24 nitrogen and oxygen atoms in total. The summed E-state index contributed by atoms with van der Waals surface area (Å²) in [5, 5.41) is 49.1. The van der Waals surface area contributed by atoms with Crippen LogP contribution in [-0.2, 0) is 47.9 Å². The highest BCUT2D eigenvalue weighted by Crippen LogP contribution is 2.03. The van der Waals surface area contributed by atoms with E-state index in [0.717, 1.165) is 6.92 Å². The van der Waals surface area contributed by atoms with Gasteiger partial charge in [-0.25, -0.2) is 4.79 Å². The average Bonchev–Trinajstić information content (AvgIpc) is 3.01. The summed E-state index contributed by atoms with van der Waals surface area (Å²) in [6, 6.07) is -9.66. The fourth-order valence-corrected chi connectivity index (χ4v) is 4.03. The lowest BCUT2D eigenvalue weighted by Gasteiger charge is -2.24. The molecule has 0 aromatic rings. The monoisotopic (exact) mass is 750 g/mol. The number of carboxylic acid groups (broad SMARTS) is 4. The van der Waals surface area contributed by atoms with Crippen LogP contribution in [0, 0.1) is 0 Å². The first-order valence-corrected chi connectivity index (χ1v) is 15.4. The minimum absolute atomic E-state index is 0.0289. The van der Waals surface area contributed by atoms with Crippen molar-refractivity contribution < 1.29 is 68.4 Å². The van der Waals surface area contributed by atoms with Gasteiger partial charge in [-0.1, -0.05) is 0 Å². The Morgan fingerprint density at radius 3 is 1.61 bits per heavy atom. The molecule has 0 bridgehead atoms. The fourth-order valence-electron chi connectivity index (χ4n) is 3.77. The van der Waals surface area contributed by atoms with Crippen molar-refractivity contribution in [3.63, 3.8) is 0 Å². The van der Waals surface area contributed by atoms with Gasteiger partial charge in [-0.2, -0.15) is 12.6 Å². The Morgan fingerprint density at radius 1 is 0.647 bits per heavy atom. The van der Waals surface area contributed by atoms with Gasteiger partial charge in [0.2, 0.25) is 35.4 Å². The summed E-state index contributed by atoms with van der Waals surface area (Å²) in [4.78, 5) is 124. The van der Waals surface area contributed by atoms with Gasteiger partial charge in [0, 0.05) is 12.3 Å². The number of aliphatic imine (C=N–C) groups is 1. The highest BCUT2D eigenvalue weighted by molar-refractivity contribution is 7.80. The maximum absolute atomic E-state index is 12.9. The zero-order valence-corrected chi connectivity index (χ0v) is 28.0. The first kappa shape index (κ1) is 45.3. The summed E-state index contributed by atoms with van der Waals surface area (Å²) in [6.45, 7) is 0.326. The first-order valence-electron chi connectivity index (χ1n) is 14.8. The summed E-state index contributed by atoms with van der Waals surface area (Å²) in [5.41, 5.74) is 15.8. The van der Waals surface area contributed by atoms with E-state index in [0.29, 0.717) is 0 Å². The molecule has 0 aliphatic rings. The molecule has 0 aliphatic carbocycles. The van der Waals surface area contributed by atoms with E-state index >= 15 is 0 Å². The maximum atomic E-state index is 12.9. The van der Waals surface area contributed by atoms with Gasteiger partial charge in [-0.15, -0.1) is 0 Å². The molecule has 6 atom stereocenters. The molecule has 0 aromatic heterocycles. The average molecular weight is 751 g/mol. The molecule has 0 aliphatic heterocycles. The van der Waals surface area contributed by atoms with Crippen molar-refractivity contribution in [2.45, 2.75) is 75.3 Å². The van der Waals surface area contributed by atoms with E-state index in [4.69, 9.17) is 22.3 Å². The Morgan fingerprint density at radius 2 is 1.12 bits per heavy atom. The van der Waals surface area contributed by atoms with Crippen LogP contribution in [0.3, 0.4) is 0 Å². The molecule has 0 aromatic carbocycles. The first-order chi connectivity index (χ1) is 23.7. The predicted octanol–water partition coefficient (Wildman–Crippen LogP) is -6.63. The quantitative estimate of drug-likeness (QED) is 0.0189. The van der Waals surface area contributed by atoms with E-state index in [1.54, 1.807) is 0 Å².